The number of hydrogen-bond acceptors (Lipinski definition) is 2. The molecule has 0 bridgehead atoms. The van der Waals surface area contributed by atoms with Crippen LogP contribution in [-0.2, 0) is 0 Å². The molecule has 90 valence electrons. The van der Waals surface area contributed by atoms with Crippen molar-refractivity contribution in [2.45, 2.75) is 19.3 Å². The first-order valence-electron chi connectivity index (χ1n) is 5.77. The van der Waals surface area contributed by atoms with Gasteiger partial charge in [0.2, 0.25) is 0 Å². The zero-order chi connectivity index (χ0) is 12.0. The van der Waals surface area contributed by atoms with E-state index in [2.05, 4.69) is 10.3 Å². The minimum absolute atomic E-state index is 0.109. The highest BCUT2D eigenvalue weighted by atomic mass is 19.1. The van der Waals surface area contributed by atoms with Crippen LogP contribution >= 0.6 is 0 Å². The van der Waals surface area contributed by atoms with E-state index in [0.717, 1.165) is 25.2 Å². The van der Waals surface area contributed by atoms with Crippen LogP contribution in [0, 0.1) is 12.7 Å². The molecule has 2 aromatic heterocycles. The first-order chi connectivity index (χ1) is 8.16. The summed E-state index contributed by atoms with van der Waals surface area (Å²) in [5, 5.41) is 3.25. The molecule has 0 saturated carbocycles. The molecule has 0 aromatic carbocycles. The Balaban J connectivity index is 2.20. The Hall–Kier alpha value is -1.62. The Morgan fingerprint density at radius 3 is 3.00 bits per heavy atom. The molecule has 2 N–H and O–H groups in total. The summed E-state index contributed by atoms with van der Waals surface area (Å²) in [5.74, 6) is -0.111. The van der Waals surface area contributed by atoms with E-state index in [4.69, 9.17) is 0 Å². The highest BCUT2D eigenvalue weighted by Gasteiger charge is 2.19. The van der Waals surface area contributed by atoms with Gasteiger partial charge >= 0.3 is 0 Å². The molecule has 0 spiro atoms. The number of fused-ring (bicyclic) bond motifs is 1. The summed E-state index contributed by atoms with van der Waals surface area (Å²) < 4.78 is 15.3. The summed E-state index contributed by atoms with van der Waals surface area (Å²) in [6.45, 7) is 3.49. The lowest BCUT2D eigenvalue weighted by molar-refractivity contribution is 0.630. The maximum atomic E-state index is 13.7. The monoisotopic (exact) mass is 235 g/mol. The molecule has 1 aliphatic rings. The highest BCUT2D eigenvalue weighted by molar-refractivity contribution is 5.50. The van der Waals surface area contributed by atoms with E-state index in [0.29, 0.717) is 11.5 Å². The first kappa shape index (κ1) is 10.5. The zero-order valence-electron chi connectivity index (χ0n) is 9.59. The number of hydrogen-bond donors (Lipinski definition) is 2. The second-order valence-corrected chi connectivity index (χ2v) is 4.61. The van der Waals surface area contributed by atoms with E-state index in [1.165, 1.54) is 0 Å². The Morgan fingerprint density at radius 2 is 2.29 bits per heavy atom. The fourth-order valence-electron chi connectivity index (χ4n) is 2.45. The summed E-state index contributed by atoms with van der Waals surface area (Å²) in [5.41, 5.74) is 1.14. The van der Waals surface area contributed by atoms with E-state index in [1.54, 1.807) is 17.5 Å². The molecule has 1 saturated heterocycles. The molecular formula is C12H14FN3O. The summed E-state index contributed by atoms with van der Waals surface area (Å²) in [7, 11) is 0. The van der Waals surface area contributed by atoms with Crippen LogP contribution in [-0.4, -0.2) is 22.5 Å². The number of H-pyrrole nitrogens is 1. The standard InChI is InChI=1S/C12H14FN3O/c1-7-5-16-6-9(8-2-3-14-4-8)15-12(17)11(16)10(7)13/h5-6,8,14H,2-4H2,1H3,(H,15,17). The van der Waals surface area contributed by atoms with Gasteiger partial charge in [-0.05, 0) is 19.9 Å². The Morgan fingerprint density at radius 1 is 1.47 bits per heavy atom. The van der Waals surface area contributed by atoms with Gasteiger partial charge in [-0.15, -0.1) is 0 Å². The molecule has 3 rings (SSSR count). The topological polar surface area (TPSA) is 49.3 Å². The maximum absolute atomic E-state index is 13.7. The molecule has 0 radical (unpaired) electrons. The third kappa shape index (κ3) is 1.58. The van der Waals surface area contributed by atoms with Crippen LogP contribution in [0.15, 0.2) is 17.2 Å². The molecule has 5 heteroatoms. The van der Waals surface area contributed by atoms with Crippen molar-refractivity contribution in [1.82, 2.24) is 14.7 Å². The number of aryl methyl sites for hydroxylation is 1. The average Bonchev–Trinajstić information content (AvgIpc) is 2.88. The molecule has 1 aliphatic heterocycles. The summed E-state index contributed by atoms with van der Waals surface area (Å²) in [6.07, 6.45) is 4.49. The molecule has 2 aromatic rings. The van der Waals surface area contributed by atoms with Crippen LogP contribution in [0.5, 0.6) is 0 Å². The molecule has 1 unspecified atom stereocenters. The lowest BCUT2D eigenvalue weighted by Crippen LogP contribution is -2.17. The van der Waals surface area contributed by atoms with Gasteiger partial charge < -0.3 is 14.7 Å². The van der Waals surface area contributed by atoms with Crippen molar-refractivity contribution >= 4 is 5.52 Å². The number of aromatic nitrogens is 2. The van der Waals surface area contributed by atoms with Gasteiger partial charge in [-0.3, -0.25) is 4.79 Å². The van der Waals surface area contributed by atoms with Gasteiger partial charge in [-0.1, -0.05) is 0 Å². The van der Waals surface area contributed by atoms with Crippen LogP contribution in [0.3, 0.4) is 0 Å². The predicted molar refractivity (Wildman–Crippen MR) is 62.9 cm³/mol. The maximum Gasteiger partial charge on any atom is 0.275 e. The molecular weight excluding hydrogens is 221 g/mol. The van der Waals surface area contributed by atoms with Gasteiger partial charge in [-0.25, -0.2) is 4.39 Å². The Labute approximate surface area is 97.5 Å². The van der Waals surface area contributed by atoms with Crippen LogP contribution < -0.4 is 10.9 Å². The summed E-state index contributed by atoms with van der Waals surface area (Å²) in [4.78, 5) is 14.6. The number of halogens is 1. The van der Waals surface area contributed by atoms with Gasteiger partial charge in [0, 0.05) is 36.1 Å². The molecule has 1 atom stereocenters. The minimum Gasteiger partial charge on any atom is -0.323 e. The third-order valence-corrected chi connectivity index (χ3v) is 3.40. The predicted octanol–water partition coefficient (Wildman–Crippen LogP) is 1.15. The van der Waals surface area contributed by atoms with Crippen molar-refractivity contribution in [2.24, 2.45) is 0 Å². The van der Waals surface area contributed by atoms with Gasteiger partial charge in [0.25, 0.3) is 5.56 Å². The van der Waals surface area contributed by atoms with E-state index in [-0.39, 0.29) is 11.1 Å². The fraction of sp³-hybridized carbons (Fsp3) is 0.417. The van der Waals surface area contributed by atoms with Crippen molar-refractivity contribution in [3.05, 3.63) is 39.8 Å². The van der Waals surface area contributed by atoms with Crippen LogP contribution in [0.4, 0.5) is 4.39 Å². The molecule has 4 nitrogen and oxygen atoms in total. The molecule has 0 aliphatic carbocycles. The lowest BCUT2D eigenvalue weighted by Gasteiger charge is -2.08. The number of nitrogens with one attached hydrogen (secondary N) is 2. The lowest BCUT2D eigenvalue weighted by atomic mass is 10.1. The largest absolute Gasteiger partial charge is 0.323 e. The Bertz CT molecular complexity index is 622. The third-order valence-electron chi connectivity index (χ3n) is 3.40. The van der Waals surface area contributed by atoms with E-state index in [9.17, 15) is 9.18 Å². The summed E-state index contributed by atoms with van der Waals surface area (Å²) >= 11 is 0. The number of aromatic amines is 1. The number of rotatable bonds is 1. The van der Waals surface area contributed by atoms with E-state index < -0.39 is 5.82 Å². The minimum atomic E-state index is -0.428. The second kappa shape index (κ2) is 3.70. The van der Waals surface area contributed by atoms with Crippen LogP contribution in [0.25, 0.3) is 5.52 Å². The Kier molecular flexibility index (Phi) is 2.29. The normalized spacial score (nSPS) is 20.2. The quantitative estimate of drug-likeness (QED) is 0.779. The van der Waals surface area contributed by atoms with Crippen molar-refractivity contribution in [1.29, 1.82) is 0 Å². The van der Waals surface area contributed by atoms with E-state index >= 15 is 0 Å². The van der Waals surface area contributed by atoms with Crippen molar-refractivity contribution in [2.75, 3.05) is 13.1 Å². The van der Waals surface area contributed by atoms with Crippen molar-refractivity contribution in [3.63, 3.8) is 0 Å². The molecule has 17 heavy (non-hydrogen) atoms. The smallest absolute Gasteiger partial charge is 0.275 e. The zero-order valence-corrected chi connectivity index (χ0v) is 9.59. The van der Waals surface area contributed by atoms with Gasteiger partial charge in [0.1, 0.15) is 5.52 Å². The van der Waals surface area contributed by atoms with Gasteiger partial charge in [0.05, 0.1) is 0 Å². The molecule has 0 amide bonds. The number of nitrogens with zero attached hydrogens (tertiary/aromatic N) is 1. The van der Waals surface area contributed by atoms with Crippen molar-refractivity contribution < 1.29 is 4.39 Å². The van der Waals surface area contributed by atoms with E-state index in [1.807, 2.05) is 6.20 Å². The van der Waals surface area contributed by atoms with Gasteiger partial charge in [0.15, 0.2) is 5.82 Å². The average molecular weight is 235 g/mol. The molecule has 3 heterocycles. The van der Waals surface area contributed by atoms with Crippen molar-refractivity contribution in [3.8, 4) is 0 Å². The highest BCUT2D eigenvalue weighted by Crippen LogP contribution is 2.20. The molecule has 1 fully saturated rings. The SMILES string of the molecule is Cc1cn2cc(C3CCNC3)[nH]c(=O)c2c1F. The second-order valence-electron chi connectivity index (χ2n) is 4.61. The van der Waals surface area contributed by atoms with Gasteiger partial charge in [-0.2, -0.15) is 0 Å². The van der Waals surface area contributed by atoms with Crippen LogP contribution in [0.1, 0.15) is 23.6 Å². The van der Waals surface area contributed by atoms with Crippen LogP contribution in [0.2, 0.25) is 0 Å². The first-order valence-corrected chi connectivity index (χ1v) is 5.77. The summed E-state index contributed by atoms with van der Waals surface area (Å²) in [6, 6.07) is 0. The fourth-order valence-corrected chi connectivity index (χ4v) is 2.45.